The van der Waals surface area contributed by atoms with Crippen LogP contribution in [0.4, 0.5) is 5.82 Å². The van der Waals surface area contributed by atoms with E-state index in [1.807, 2.05) is 35.2 Å². The first kappa shape index (κ1) is 12.6. The monoisotopic (exact) mass is 269 g/mol. The van der Waals surface area contributed by atoms with E-state index in [0.29, 0.717) is 24.5 Å². The van der Waals surface area contributed by atoms with Crippen LogP contribution in [0, 0.1) is 0 Å². The molecule has 5 nitrogen and oxygen atoms in total. The Hall–Kier alpha value is -2.43. The number of fused-ring (bicyclic) bond motifs is 1. The van der Waals surface area contributed by atoms with Crippen LogP contribution >= 0.6 is 0 Å². The second-order valence-corrected chi connectivity index (χ2v) is 4.95. The molecule has 0 unspecified atom stereocenters. The van der Waals surface area contributed by atoms with E-state index in [9.17, 15) is 9.59 Å². The predicted molar refractivity (Wildman–Crippen MR) is 77.0 cm³/mol. The van der Waals surface area contributed by atoms with Gasteiger partial charge in [0.05, 0.1) is 17.6 Å². The Bertz CT molecular complexity index is 684. The standard InChI is InChI=1S/C15H15N3O2/c1-17-6-7-18(9-14(17)20)15-12(10-19)8-11-4-2-3-5-13(11)16-15/h2-5,8,10H,6-7,9H2,1H3. The first-order chi connectivity index (χ1) is 9.69. The van der Waals surface area contributed by atoms with Gasteiger partial charge in [-0.2, -0.15) is 0 Å². The smallest absolute Gasteiger partial charge is 0.241 e. The van der Waals surface area contributed by atoms with Crippen molar-refractivity contribution in [1.82, 2.24) is 9.88 Å². The molecule has 0 saturated carbocycles. The zero-order valence-electron chi connectivity index (χ0n) is 11.2. The maximum Gasteiger partial charge on any atom is 0.241 e. The highest BCUT2D eigenvalue weighted by molar-refractivity contribution is 5.93. The summed E-state index contributed by atoms with van der Waals surface area (Å²) >= 11 is 0. The Morgan fingerprint density at radius 1 is 1.25 bits per heavy atom. The number of benzene rings is 1. The molecule has 1 aromatic heterocycles. The van der Waals surface area contributed by atoms with Gasteiger partial charge in [-0.25, -0.2) is 4.98 Å². The van der Waals surface area contributed by atoms with E-state index in [2.05, 4.69) is 4.98 Å². The molecule has 0 radical (unpaired) electrons. The second kappa shape index (κ2) is 4.92. The quantitative estimate of drug-likeness (QED) is 0.772. The topological polar surface area (TPSA) is 53.5 Å². The highest BCUT2D eigenvalue weighted by Crippen LogP contribution is 2.23. The van der Waals surface area contributed by atoms with E-state index in [0.717, 1.165) is 17.2 Å². The third-order valence-electron chi connectivity index (χ3n) is 3.62. The number of amides is 1. The molecule has 5 heteroatoms. The predicted octanol–water partition coefficient (Wildman–Crippen LogP) is 1.33. The number of likely N-dealkylation sites (N-methyl/N-ethyl adjacent to an activating group) is 1. The highest BCUT2D eigenvalue weighted by atomic mass is 16.2. The molecule has 0 N–H and O–H groups in total. The van der Waals surface area contributed by atoms with Crippen molar-refractivity contribution in [3.63, 3.8) is 0 Å². The van der Waals surface area contributed by atoms with Crippen molar-refractivity contribution in [2.75, 3.05) is 31.6 Å². The number of anilines is 1. The van der Waals surface area contributed by atoms with Gasteiger partial charge in [0.1, 0.15) is 5.82 Å². The summed E-state index contributed by atoms with van der Waals surface area (Å²) in [4.78, 5) is 31.2. The van der Waals surface area contributed by atoms with Crippen LogP contribution in [-0.2, 0) is 4.79 Å². The van der Waals surface area contributed by atoms with Gasteiger partial charge in [-0.05, 0) is 12.1 Å². The van der Waals surface area contributed by atoms with Gasteiger partial charge in [0.15, 0.2) is 6.29 Å². The number of nitrogens with zero attached hydrogens (tertiary/aromatic N) is 3. The molecule has 2 aromatic rings. The first-order valence-corrected chi connectivity index (χ1v) is 6.53. The Labute approximate surface area is 116 Å². The summed E-state index contributed by atoms with van der Waals surface area (Å²) in [7, 11) is 1.79. The van der Waals surface area contributed by atoms with E-state index in [1.54, 1.807) is 11.9 Å². The van der Waals surface area contributed by atoms with Crippen molar-refractivity contribution in [2.45, 2.75) is 0 Å². The van der Waals surface area contributed by atoms with Gasteiger partial charge in [-0.1, -0.05) is 18.2 Å². The van der Waals surface area contributed by atoms with Crippen molar-refractivity contribution < 1.29 is 9.59 Å². The van der Waals surface area contributed by atoms with Crippen LogP contribution in [0.15, 0.2) is 30.3 Å². The molecule has 1 fully saturated rings. The Kier molecular flexibility index (Phi) is 3.10. The lowest BCUT2D eigenvalue weighted by molar-refractivity contribution is -0.129. The fourth-order valence-corrected chi connectivity index (χ4v) is 2.40. The van der Waals surface area contributed by atoms with E-state index in [-0.39, 0.29) is 12.5 Å². The molecule has 1 aliphatic heterocycles. The van der Waals surface area contributed by atoms with Gasteiger partial charge in [0, 0.05) is 25.5 Å². The summed E-state index contributed by atoms with van der Waals surface area (Å²) in [5.41, 5.74) is 1.36. The zero-order valence-corrected chi connectivity index (χ0v) is 11.2. The number of carbonyl (C=O) groups is 2. The molecule has 1 saturated heterocycles. The summed E-state index contributed by atoms with van der Waals surface area (Å²) in [6.45, 7) is 1.60. The third kappa shape index (κ3) is 2.11. The Morgan fingerprint density at radius 2 is 2.05 bits per heavy atom. The van der Waals surface area contributed by atoms with Crippen molar-refractivity contribution in [1.29, 1.82) is 0 Å². The molecular formula is C15H15N3O2. The summed E-state index contributed by atoms with van der Waals surface area (Å²) in [6, 6.07) is 9.49. The average molecular weight is 269 g/mol. The number of hydrogen-bond donors (Lipinski definition) is 0. The SMILES string of the molecule is CN1CCN(c2nc3ccccc3cc2C=O)CC1=O. The third-order valence-corrected chi connectivity index (χ3v) is 3.62. The number of rotatable bonds is 2. The fourth-order valence-electron chi connectivity index (χ4n) is 2.40. The van der Waals surface area contributed by atoms with Crippen molar-refractivity contribution in [3.05, 3.63) is 35.9 Å². The molecule has 1 aliphatic rings. The minimum absolute atomic E-state index is 0.0445. The summed E-state index contributed by atoms with van der Waals surface area (Å²) in [5, 5.41) is 0.929. The zero-order chi connectivity index (χ0) is 14.1. The molecule has 1 amide bonds. The molecular weight excluding hydrogens is 254 g/mol. The van der Waals surface area contributed by atoms with Crippen molar-refractivity contribution in [2.24, 2.45) is 0 Å². The lowest BCUT2D eigenvalue weighted by Gasteiger charge is -2.33. The number of piperazine rings is 1. The number of hydrogen-bond acceptors (Lipinski definition) is 4. The molecule has 0 bridgehead atoms. The minimum Gasteiger partial charge on any atom is -0.345 e. The number of pyridine rings is 1. The van der Waals surface area contributed by atoms with Crippen LogP contribution in [-0.4, -0.2) is 48.8 Å². The van der Waals surface area contributed by atoms with Crippen LogP contribution in [0.3, 0.4) is 0 Å². The van der Waals surface area contributed by atoms with E-state index < -0.39 is 0 Å². The number of aromatic nitrogens is 1. The van der Waals surface area contributed by atoms with Crippen LogP contribution in [0.25, 0.3) is 10.9 Å². The maximum atomic E-state index is 11.8. The summed E-state index contributed by atoms with van der Waals surface area (Å²) in [5.74, 6) is 0.642. The molecule has 20 heavy (non-hydrogen) atoms. The first-order valence-electron chi connectivity index (χ1n) is 6.53. The van der Waals surface area contributed by atoms with Gasteiger partial charge in [-0.15, -0.1) is 0 Å². The number of para-hydroxylation sites is 1. The number of aldehydes is 1. The Balaban J connectivity index is 2.05. The Morgan fingerprint density at radius 3 is 2.80 bits per heavy atom. The largest absolute Gasteiger partial charge is 0.345 e. The van der Waals surface area contributed by atoms with Crippen LogP contribution in [0.2, 0.25) is 0 Å². The van der Waals surface area contributed by atoms with Crippen LogP contribution < -0.4 is 4.90 Å². The normalized spacial score (nSPS) is 15.8. The molecule has 0 aliphatic carbocycles. The van der Waals surface area contributed by atoms with Gasteiger partial charge in [0.2, 0.25) is 5.91 Å². The van der Waals surface area contributed by atoms with Gasteiger partial charge < -0.3 is 9.80 Å². The van der Waals surface area contributed by atoms with Gasteiger partial charge >= 0.3 is 0 Å². The maximum absolute atomic E-state index is 11.8. The minimum atomic E-state index is 0.0445. The van der Waals surface area contributed by atoms with E-state index in [4.69, 9.17) is 0 Å². The molecule has 0 spiro atoms. The lowest BCUT2D eigenvalue weighted by atomic mass is 10.1. The van der Waals surface area contributed by atoms with Gasteiger partial charge in [0.25, 0.3) is 0 Å². The fraction of sp³-hybridized carbons (Fsp3) is 0.267. The highest BCUT2D eigenvalue weighted by Gasteiger charge is 2.24. The van der Waals surface area contributed by atoms with Crippen LogP contribution in [0.5, 0.6) is 0 Å². The lowest BCUT2D eigenvalue weighted by Crippen LogP contribution is -2.49. The van der Waals surface area contributed by atoms with Crippen LogP contribution in [0.1, 0.15) is 10.4 Å². The molecule has 1 aromatic carbocycles. The van der Waals surface area contributed by atoms with E-state index >= 15 is 0 Å². The molecule has 2 heterocycles. The average Bonchev–Trinajstić information content (AvgIpc) is 2.48. The molecule has 3 rings (SSSR count). The molecule has 0 atom stereocenters. The molecule has 102 valence electrons. The number of carbonyl (C=O) groups excluding carboxylic acids is 2. The van der Waals surface area contributed by atoms with Gasteiger partial charge in [-0.3, -0.25) is 9.59 Å². The van der Waals surface area contributed by atoms with E-state index in [1.165, 1.54) is 0 Å². The summed E-state index contributed by atoms with van der Waals surface area (Å²) < 4.78 is 0. The van der Waals surface area contributed by atoms with Crippen molar-refractivity contribution >= 4 is 28.9 Å². The second-order valence-electron chi connectivity index (χ2n) is 4.95. The van der Waals surface area contributed by atoms with Crippen molar-refractivity contribution in [3.8, 4) is 0 Å². The summed E-state index contributed by atoms with van der Waals surface area (Å²) in [6.07, 6.45) is 0.803.